The van der Waals surface area contributed by atoms with E-state index in [1.165, 1.54) is 0 Å². The van der Waals surface area contributed by atoms with Crippen molar-refractivity contribution in [2.45, 2.75) is 20.4 Å². The third-order valence-electron chi connectivity index (χ3n) is 2.53. The molecule has 6 heteroatoms. The number of hydrogen-bond acceptors (Lipinski definition) is 4. The highest BCUT2D eigenvalue weighted by atomic mass is 15.4. The third-order valence-corrected chi connectivity index (χ3v) is 2.53. The van der Waals surface area contributed by atoms with Crippen molar-refractivity contribution in [3.8, 4) is 11.5 Å². The quantitative estimate of drug-likeness (QED) is 0.839. The molecule has 2 aromatic rings. The third kappa shape index (κ3) is 1.56. The smallest absolute Gasteiger partial charge is 0.224 e. The van der Waals surface area contributed by atoms with Gasteiger partial charge in [-0.05, 0) is 19.9 Å². The molecule has 0 saturated heterocycles. The van der Waals surface area contributed by atoms with Gasteiger partial charge in [-0.25, -0.2) is 0 Å². The molecule has 0 amide bonds. The molecule has 1 N–H and O–H groups in total. The van der Waals surface area contributed by atoms with E-state index in [1.54, 1.807) is 0 Å². The zero-order valence-electron chi connectivity index (χ0n) is 10.0. The predicted octanol–water partition coefficient (Wildman–Crippen LogP) is 1.05. The Labute approximate surface area is 94.3 Å². The van der Waals surface area contributed by atoms with Crippen LogP contribution in [0.4, 0.5) is 5.95 Å². The van der Waals surface area contributed by atoms with Gasteiger partial charge < -0.3 is 5.32 Å². The zero-order valence-corrected chi connectivity index (χ0v) is 10.0. The fourth-order valence-electron chi connectivity index (χ4n) is 1.74. The number of hydrogen-bond donors (Lipinski definition) is 1. The van der Waals surface area contributed by atoms with Gasteiger partial charge in [0.15, 0.2) is 5.82 Å². The lowest BCUT2D eigenvalue weighted by molar-refractivity contribution is 0.654. The molecule has 6 nitrogen and oxygen atoms in total. The molecule has 0 aliphatic carbocycles. The largest absolute Gasteiger partial charge is 0.357 e. The van der Waals surface area contributed by atoms with Crippen LogP contribution in [-0.2, 0) is 13.6 Å². The van der Waals surface area contributed by atoms with Crippen LogP contribution in [0.3, 0.4) is 0 Å². The van der Waals surface area contributed by atoms with Crippen molar-refractivity contribution in [1.29, 1.82) is 0 Å². The number of nitrogens with zero attached hydrogens (tertiary/aromatic N) is 5. The highest BCUT2D eigenvalue weighted by molar-refractivity contribution is 5.53. The first-order valence-electron chi connectivity index (χ1n) is 5.29. The average Bonchev–Trinajstić information content (AvgIpc) is 2.81. The molecule has 0 aliphatic rings. The summed E-state index contributed by atoms with van der Waals surface area (Å²) in [6.07, 6.45) is 0. The summed E-state index contributed by atoms with van der Waals surface area (Å²) in [5, 5.41) is 15.6. The first kappa shape index (κ1) is 10.7. The van der Waals surface area contributed by atoms with Crippen molar-refractivity contribution < 1.29 is 0 Å². The summed E-state index contributed by atoms with van der Waals surface area (Å²) in [7, 11) is 3.76. The lowest BCUT2D eigenvalue weighted by Gasteiger charge is -2.04. The number of nitrogens with one attached hydrogen (secondary N) is 1. The van der Waals surface area contributed by atoms with Crippen LogP contribution in [-0.4, -0.2) is 31.6 Å². The second kappa shape index (κ2) is 3.96. The summed E-state index contributed by atoms with van der Waals surface area (Å²) in [6, 6.07) is 2.02. The van der Waals surface area contributed by atoms with Gasteiger partial charge in [-0.1, -0.05) is 0 Å². The molecule has 16 heavy (non-hydrogen) atoms. The maximum atomic E-state index is 4.40. The van der Waals surface area contributed by atoms with Gasteiger partial charge in [-0.3, -0.25) is 9.25 Å². The minimum atomic E-state index is 0.747. The summed E-state index contributed by atoms with van der Waals surface area (Å²) in [4.78, 5) is 0. The Kier molecular flexibility index (Phi) is 2.64. The maximum Gasteiger partial charge on any atom is 0.224 e. The monoisotopic (exact) mass is 220 g/mol. The van der Waals surface area contributed by atoms with Crippen LogP contribution < -0.4 is 5.32 Å². The lowest BCUT2D eigenvalue weighted by atomic mass is 10.3. The molecule has 0 spiro atoms. The fourth-order valence-corrected chi connectivity index (χ4v) is 1.74. The first-order valence-corrected chi connectivity index (χ1v) is 5.29. The van der Waals surface area contributed by atoms with Crippen molar-refractivity contribution in [1.82, 2.24) is 24.5 Å². The van der Waals surface area contributed by atoms with E-state index in [9.17, 15) is 0 Å². The predicted molar refractivity (Wildman–Crippen MR) is 62.2 cm³/mol. The van der Waals surface area contributed by atoms with Crippen LogP contribution in [0.2, 0.25) is 0 Å². The molecule has 0 aliphatic heterocycles. The SMILES string of the molecule is CCn1nc(C)cc1-c1nnc(NC)n1C. The Balaban J connectivity index is 2.53. The number of aromatic nitrogens is 5. The fraction of sp³-hybridized carbons (Fsp3) is 0.500. The molecule has 0 bridgehead atoms. The van der Waals surface area contributed by atoms with Crippen molar-refractivity contribution in [2.24, 2.45) is 7.05 Å². The molecule has 2 rings (SSSR count). The normalized spacial score (nSPS) is 10.8. The van der Waals surface area contributed by atoms with E-state index in [1.807, 2.05) is 36.3 Å². The van der Waals surface area contributed by atoms with Gasteiger partial charge in [-0.15, -0.1) is 10.2 Å². The summed E-state index contributed by atoms with van der Waals surface area (Å²) in [6.45, 7) is 4.86. The Morgan fingerprint density at radius 3 is 2.69 bits per heavy atom. The summed E-state index contributed by atoms with van der Waals surface area (Å²) in [5.41, 5.74) is 1.99. The minimum absolute atomic E-state index is 0.747. The highest BCUT2D eigenvalue weighted by Crippen LogP contribution is 2.20. The van der Waals surface area contributed by atoms with Crippen LogP contribution in [0, 0.1) is 6.92 Å². The van der Waals surface area contributed by atoms with Gasteiger partial charge in [-0.2, -0.15) is 5.10 Å². The van der Waals surface area contributed by atoms with E-state index in [0.717, 1.165) is 29.7 Å². The van der Waals surface area contributed by atoms with Crippen LogP contribution in [0.1, 0.15) is 12.6 Å². The molecule has 0 saturated carbocycles. The molecule has 0 fully saturated rings. The Hall–Kier alpha value is -1.85. The van der Waals surface area contributed by atoms with Gasteiger partial charge in [0.05, 0.1) is 5.69 Å². The summed E-state index contributed by atoms with van der Waals surface area (Å²) in [5.74, 6) is 1.57. The first-order chi connectivity index (χ1) is 7.67. The summed E-state index contributed by atoms with van der Waals surface area (Å²) >= 11 is 0. The average molecular weight is 220 g/mol. The molecule has 0 aromatic carbocycles. The van der Waals surface area contributed by atoms with Crippen molar-refractivity contribution in [3.63, 3.8) is 0 Å². The van der Waals surface area contributed by atoms with E-state index in [-0.39, 0.29) is 0 Å². The van der Waals surface area contributed by atoms with E-state index >= 15 is 0 Å². The van der Waals surface area contributed by atoms with E-state index < -0.39 is 0 Å². The van der Waals surface area contributed by atoms with E-state index in [2.05, 4.69) is 27.5 Å². The van der Waals surface area contributed by atoms with Crippen molar-refractivity contribution in [3.05, 3.63) is 11.8 Å². The molecular weight excluding hydrogens is 204 g/mol. The number of aryl methyl sites for hydroxylation is 2. The molecule has 0 unspecified atom stereocenters. The Bertz CT molecular complexity index is 495. The number of rotatable bonds is 3. The molecular formula is C10H16N6. The van der Waals surface area contributed by atoms with Gasteiger partial charge in [0.25, 0.3) is 0 Å². The van der Waals surface area contributed by atoms with Crippen LogP contribution in [0.15, 0.2) is 6.07 Å². The maximum absolute atomic E-state index is 4.40. The summed E-state index contributed by atoms with van der Waals surface area (Å²) < 4.78 is 3.85. The topological polar surface area (TPSA) is 60.6 Å². The van der Waals surface area contributed by atoms with Gasteiger partial charge >= 0.3 is 0 Å². The standard InChI is InChI=1S/C10H16N6/c1-5-16-8(6-7(2)14-16)9-12-13-10(11-3)15(9)4/h6H,5H2,1-4H3,(H,11,13). The van der Waals surface area contributed by atoms with Gasteiger partial charge in [0, 0.05) is 20.6 Å². The van der Waals surface area contributed by atoms with Crippen LogP contribution >= 0.6 is 0 Å². The molecule has 2 heterocycles. The Morgan fingerprint density at radius 2 is 2.12 bits per heavy atom. The van der Waals surface area contributed by atoms with Crippen LogP contribution in [0.5, 0.6) is 0 Å². The molecule has 2 aromatic heterocycles. The second-order valence-electron chi connectivity index (χ2n) is 3.64. The zero-order chi connectivity index (χ0) is 11.7. The minimum Gasteiger partial charge on any atom is -0.357 e. The van der Waals surface area contributed by atoms with Gasteiger partial charge in [0.2, 0.25) is 5.95 Å². The van der Waals surface area contributed by atoms with Crippen molar-refractivity contribution >= 4 is 5.95 Å². The molecule has 86 valence electrons. The highest BCUT2D eigenvalue weighted by Gasteiger charge is 2.14. The van der Waals surface area contributed by atoms with Crippen molar-refractivity contribution in [2.75, 3.05) is 12.4 Å². The van der Waals surface area contributed by atoms with Gasteiger partial charge in [0.1, 0.15) is 5.69 Å². The lowest BCUT2D eigenvalue weighted by Crippen LogP contribution is -2.04. The number of anilines is 1. The van der Waals surface area contributed by atoms with Crippen LogP contribution in [0.25, 0.3) is 11.5 Å². The van der Waals surface area contributed by atoms with E-state index in [0.29, 0.717) is 0 Å². The second-order valence-corrected chi connectivity index (χ2v) is 3.64. The van der Waals surface area contributed by atoms with E-state index in [4.69, 9.17) is 0 Å². The molecule has 0 atom stereocenters. The molecule has 0 radical (unpaired) electrons. The Morgan fingerprint density at radius 1 is 1.38 bits per heavy atom.